The van der Waals surface area contributed by atoms with E-state index in [2.05, 4.69) is 29.4 Å². The Morgan fingerprint density at radius 1 is 1.42 bits per heavy atom. The fraction of sp³-hybridized carbons (Fsp3) is 0.625. The molecule has 0 aromatic carbocycles. The van der Waals surface area contributed by atoms with Crippen LogP contribution in [0.3, 0.4) is 0 Å². The van der Waals surface area contributed by atoms with Gasteiger partial charge in [-0.25, -0.2) is 0 Å². The van der Waals surface area contributed by atoms with Crippen LogP contribution in [-0.4, -0.2) is 44.6 Å². The lowest BCUT2D eigenvalue weighted by molar-refractivity contribution is -0.135. The summed E-state index contributed by atoms with van der Waals surface area (Å²) in [4.78, 5) is 26.6. The Morgan fingerprint density at radius 3 is 2.79 bits per heavy atom. The Labute approximate surface area is 151 Å². The Kier molecular flexibility index (Phi) is 6.79. The zero-order chi connectivity index (χ0) is 17.7. The van der Waals surface area contributed by atoms with Gasteiger partial charge >= 0.3 is 0 Å². The summed E-state index contributed by atoms with van der Waals surface area (Å²) in [5.41, 5.74) is 0.698. The molecule has 1 N–H and O–H groups in total. The van der Waals surface area contributed by atoms with Crippen molar-refractivity contribution in [2.75, 3.05) is 11.6 Å². The van der Waals surface area contributed by atoms with E-state index in [4.69, 9.17) is 0 Å². The highest BCUT2D eigenvalue weighted by atomic mass is 32.2. The molecule has 1 unspecified atom stereocenters. The van der Waals surface area contributed by atoms with Crippen LogP contribution in [-0.2, 0) is 16.1 Å². The minimum absolute atomic E-state index is 0.0555. The third-order valence-corrected chi connectivity index (χ3v) is 5.92. The predicted molar refractivity (Wildman–Crippen MR) is 97.9 cm³/mol. The number of thioether (sulfide) groups is 1. The minimum atomic E-state index is -0.416. The molecule has 1 aliphatic rings. The highest BCUT2D eigenvalue weighted by Gasteiger charge is 2.34. The number of nitrogens with one attached hydrogen (secondary N) is 1. The third-order valence-electron chi connectivity index (χ3n) is 3.68. The second-order valence-electron chi connectivity index (χ2n) is 5.99. The first-order valence-electron chi connectivity index (χ1n) is 8.09. The molecule has 24 heavy (non-hydrogen) atoms. The maximum absolute atomic E-state index is 12.5. The summed E-state index contributed by atoms with van der Waals surface area (Å²) in [7, 11) is 0. The average Bonchev–Trinajstić information content (AvgIpc) is 3.21. The highest BCUT2D eigenvalue weighted by Crippen LogP contribution is 2.23. The van der Waals surface area contributed by atoms with E-state index in [0.29, 0.717) is 29.7 Å². The molecule has 0 spiro atoms. The van der Waals surface area contributed by atoms with Gasteiger partial charge in [-0.15, -0.1) is 22.0 Å². The number of amides is 2. The quantitative estimate of drug-likeness (QED) is 0.781. The van der Waals surface area contributed by atoms with Crippen molar-refractivity contribution in [3.63, 3.8) is 0 Å². The standard InChI is InChI=1S/C16H24N4O2S2/c1-5-6-11(4)16(22)20-9-23-8-12(20)14(21)17-7-13-18-19-15(24-13)10(2)3/h6,10,12H,5,7-9H2,1-4H3,(H,17,21). The Balaban J connectivity index is 1.95. The molecule has 2 heterocycles. The van der Waals surface area contributed by atoms with Gasteiger partial charge in [0, 0.05) is 17.2 Å². The molecular weight excluding hydrogens is 344 g/mol. The Bertz CT molecular complexity index is 627. The molecule has 0 bridgehead atoms. The maximum atomic E-state index is 12.5. The number of carbonyl (C=O) groups excluding carboxylic acids is 2. The van der Waals surface area contributed by atoms with Crippen molar-refractivity contribution in [3.8, 4) is 0 Å². The molecule has 0 radical (unpaired) electrons. The number of aromatic nitrogens is 2. The van der Waals surface area contributed by atoms with Gasteiger partial charge in [-0.1, -0.05) is 38.2 Å². The van der Waals surface area contributed by atoms with Crippen LogP contribution >= 0.6 is 23.1 Å². The van der Waals surface area contributed by atoms with Crippen LogP contribution < -0.4 is 5.32 Å². The van der Waals surface area contributed by atoms with Crippen LogP contribution in [0.2, 0.25) is 0 Å². The lowest BCUT2D eigenvalue weighted by atomic mass is 10.2. The van der Waals surface area contributed by atoms with E-state index in [1.54, 1.807) is 23.6 Å². The second-order valence-corrected chi connectivity index (χ2v) is 8.09. The van der Waals surface area contributed by atoms with Crippen LogP contribution in [0.5, 0.6) is 0 Å². The summed E-state index contributed by atoms with van der Waals surface area (Å²) in [6.07, 6.45) is 2.71. The van der Waals surface area contributed by atoms with Gasteiger partial charge in [0.2, 0.25) is 5.91 Å². The fourth-order valence-electron chi connectivity index (χ4n) is 2.33. The van der Waals surface area contributed by atoms with Gasteiger partial charge < -0.3 is 10.2 Å². The van der Waals surface area contributed by atoms with Crippen LogP contribution in [0.1, 0.15) is 50.0 Å². The number of hydrogen-bond acceptors (Lipinski definition) is 6. The number of carbonyl (C=O) groups is 2. The first-order valence-corrected chi connectivity index (χ1v) is 10.1. The fourth-order valence-corrected chi connectivity index (χ4v) is 4.27. The van der Waals surface area contributed by atoms with Crippen molar-refractivity contribution in [1.82, 2.24) is 20.4 Å². The van der Waals surface area contributed by atoms with Gasteiger partial charge in [-0.2, -0.15) is 0 Å². The first kappa shape index (κ1) is 18.9. The molecule has 8 heteroatoms. The third kappa shape index (κ3) is 4.57. The number of nitrogens with zero attached hydrogens (tertiary/aromatic N) is 3. The van der Waals surface area contributed by atoms with E-state index >= 15 is 0 Å². The van der Waals surface area contributed by atoms with Crippen LogP contribution in [0.25, 0.3) is 0 Å². The number of hydrogen-bond donors (Lipinski definition) is 1. The molecule has 0 aliphatic carbocycles. The molecular formula is C16H24N4O2S2. The van der Waals surface area contributed by atoms with Gasteiger partial charge in [0.1, 0.15) is 16.1 Å². The number of allylic oxidation sites excluding steroid dienone is 1. The normalized spacial score (nSPS) is 18.3. The summed E-state index contributed by atoms with van der Waals surface area (Å²) < 4.78 is 0. The van der Waals surface area contributed by atoms with Crippen molar-refractivity contribution in [2.24, 2.45) is 0 Å². The van der Waals surface area contributed by atoms with Crippen molar-refractivity contribution < 1.29 is 9.59 Å². The van der Waals surface area contributed by atoms with Gasteiger partial charge in [0.05, 0.1) is 12.4 Å². The molecule has 1 saturated heterocycles. The molecule has 1 atom stereocenters. The molecule has 1 aliphatic heterocycles. The van der Waals surface area contributed by atoms with E-state index in [1.807, 2.05) is 13.0 Å². The summed E-state index contributed by atoms with van der Waals surface area (Å²) in [6.45, 7) is 8.28. The molecule has 1 aromatic rings. The predicted octanol–water partition coefficient (Wildman–Crippen LogP) is 2.54. The van der Waals surface area contributed by atoms with Crippen LogP contribution in [0.4, 0.5) is 0 Å². The minimum Gasteiger partial charge on any atom is -0.348 e. The largest absolute Gasteiger partial charge is 0.348 e. The topological polar surface area (TPSA) is 75.2 Å². The molecule has 6 nitrogen and oxygen atoms in total. The SMILES string of the molecule is CCC=C(C)C(=O)N1CSCC1C(=O)NCc1nnc(C(C)C)s1. The second kappa shape index (κ2) is 8.62. The molecule has 1 aromatic heterocycles. The Hall–Kier alpha value is -1.41. The van der Waals surface area contributed by atoms with Gasteiger partial charge in [-0.05, 0) is 13.3 Å². The smallest absolute Gasteiger partial charge is 0.250 e. The molecule has 2 amide bonds. The van der Waals surface area contributed by atoms with E-state index < -0.39 is 6.04 Å². The first-order chi connectivity index (χ1) is 11.4. The van der Waals surface area contributed by atoms with Crippen molar-refractivity contribution >= 4 is 34.9 Å². The van der Waals surface area contributed by atoms with Crippen molar-refractivity contribution in [2.45, 2.75) is 52.6 Å². The lowest BCUT2D eigenvalue weighted by Gasteiger charge is -2.23. The zero-order valence-corrected chi connectivity index (χ0v) is 16.2. The van der Waals surface area contributed by atoms with Gasteiger partial charge in [-0.3, -0.25) is 9.59 Å². The zero-order valence-electron chi connectivity index (χ0n) is 14.5. The van der Waals surface area contributed by atoms with Crippen molar-refractivity contribution in [3.05, 3.63) is 21.7 Å². The van der Waals surface area contributed by atoms with E-state index in [1.165, 1.54) is 11.3 Å². The van der Waals surface area contributed by atoms with Gasteiger partial charge in [0.25, 0.3) is 5.91 Å². The van der Waals surface area contributed by atoms with E-state index in [9.17, 15) is 9.59 Å². The Morgan fingerprint density at radius 2 is 2.17 bits per heavy atom. The maximum Gasteiger partial charge on any atom is 0.250 e. The molecule has 132 valence electrons. The van der Waals surface area contributed by atoms with Gasteiger partial charge in [0.15, 0.2) is 0 Å². The molecule has 2 rings (SSSR count). The van der Waals surface area contributed by atoms with Crippen LogP contribution in [0.15, 0.2) is 11.6 Å². The summed E-state index contributed by atoms with van der Waals surface area (Å²) in [5.74, 6) is 1.34. The summed E-state index contributed by atoms with van der Waals surface area (Å²) in [6, 6.07) is -0.416. The van der Waals surface area contributed by atoms with Crippen molar-refractivity contribution in [1.29, 1.82) is 0 Å². The summed E-state index contributed by atoms with van der Waals surface area (Å²) in [5, 5.41) is 12.9. The molecule has 1 fully saturated rings. The monoisotopic (exact) mass is 368 g/mol. The number of rotatable bonds is 6. The lowest BCUT2D eigenvalue weighted by Crippen LogP contribution is -2.47. The molecule has 0 saturated carbocycles. The van der Waals surface area contributed by atoms with Crippen LogP contribution in [0, 0.1) is 0 Å². The van der Waals surface area contributed by atoms with E-state index in [0.717, 1.165) is 16.4 Å². The summed E-state index contributed by atoms with van der Waals surface area (Å²) >= 11 is 3.12. The van der Waals surface area contributed by atoms with E-state index in [-0.39, 0.29) is 11.8 Å². The highest BCUT2D eigenvalue weighted by molar-refractivity contribution is 7.99. The average molecular weight is 369 g/mol.